The Morgan fingerprint density at radius 2 is 1.84 bits per heavy atom. The molecule has 0 amide bonds. The fraction of sp³-hybridized carbons (Fsp3) is 0.400. The Morgan fingerprint density at radius 3 is 2.32 bits per heavy atom. The fourth-order valence-corrected chi connectivity index (χ4v) is 2.35. The number of hydrogen-bond acceptors (Lipinski definition) is 3. The van der Waals surface area contributed by atoms with Crippen LogP contribution in [0.1, 0.15) is 25.1 Å². The first-order valence-corrected chi connectivity index (χ1v) is 6.74. The minimum Gasteiger partial charge on any atom is -0.394 e. The summed E-state index contributed by atoms with van der Waals surface area (Å²) in [6.45, 7) is 7.15. The van der Waals surface area contributed by atoms with Crippen molar-refractivity contribution >= 4 is 17.2 Å². The zero-order valence-electron chi connectivity index (χ0n) is 12.1. The Labute approximate surface area is 114 Å². The molecule has 0 saturated heterocycles. The number of benzene rings is 1. The van der Waals surface area contributed by atoms with Crippen LogP contribution in [0, 0.1) is 6.92 Å². The van der Waals surface area contributed by atoms with Crippen LogP contribution < -0.4 is 10.6 Å². The van der Waals surface area contributed by atoms with Crippen LogP contribution in [0.15, 0.2) is 24.3 Å². The van der Waals surface area contributed by atoms with Crippen LogP contribution in [-0.2, 0) is 13.5 Å². The van der Waals surface area contributed by atoms with Crippen molar-refractivity contribution in [1.82, 2.24) is 9.78 Å². The third-order valence-electron chi connectivity index (χ3n) is 3.38. The highest BCUT2D eigenvalue weighted by atomic mass is 15.4. The second-order valence-corrected chi connectivity index (χ2v) is 4.74. The van der Waals surface area contributed by atoms with Gasteiger partial charge in [-0.25, -0.2) is 0 Å². The van der Waals surface area contributed by atoms with Gasteiger partial charge in [0.25, 0.3) is 0 Å². The summed E-state index contributed by atoms with van der Waals surface area (Å²) in [5.74, 6) is 0.975. The van der Waals surface area contributed by atoms with Crippen molar-refractivity contribution in [2.45, 2.75) is 27.2 Å². The van der Waals surface area contributed by atoms with Gasteiger partial charge in [0.1, 0.15) is 0 Å². The monoisotopic (exact) mass is 258 g/mol. The minimum atomic E-state index is 0.785. The largest absolute Gasteiger partial charge is 0.394 e. The SMILES string of the molecule is CCc1nn(C)c(N(CC)c2ccc(C)cc2)c1N. The van der Waals surface area contributed by atoms with Crippen molar-refractivity contribution in [2.75, 3.05) is 17.2 Å². The van der Waals surface area contributed by atoms with Crippen molar-refractivity contribution in [3.8, 4) is 0 Å². The summed E-state index contributed by atoms with van der Waals surface area (Å²) >= 11 is 0. The number of rotatable bonds is 4. The number of nitrogens with two attached hydrogens (primary N) is 1. The van der Waals surface area contributed by atoms with Crippen LogP contribution in [0.4, 0.5) is 17.2 Å². The third-order valence-corrected chi connectivity index (χ3v) is 3.38. The number of aromatic nitrogens is 2. The van der Waals surface area contributed by atoms with Crippen molar-refractivity contribution in [1.29, 1.82) is 0 Å². The molecule has 0 saturated carbocycles. The summed E-state index contributed by atoms with van der Waals surface area (Å²) in [7, 11) is 1.95. The molecule has 0 atom stereocenters. The van der Waals surface area contributed by atoms with Crippen LogP contribution in [0.2, 0.25) is 0 Å². The molecule has 2 N–H and O–H groups in total. The molecule has 0 aliphatic heterocycles. The third kappa shape index (κ3) is 2.43. The summed E-state index contributed by atoms with van der Waals surface area (Å²) in [6, 6.07) is 8.48. The average molecular weight is 258 g/mol. The molecule has 4 heteroatoms. The summed E-state index contributed by atoms with van der Waals surface area (Å²) in [6.07, 6.45) is 0.852. The quantitative estimate of drug-likeness (QED) is 0.917. The molecule has 0 unspecified atom stereocenters. The predicted octanol–water partition coefficient (Wildman–Crippen LogP) is 3.03. The molecular formula is C15H22N4. The van der Waals surface area contributed by atoms with E-state index in [9.17, 15) is 0 Å². The van der Waals surface area contributed by atoms with Crippen molar-refractivity contribution < 1.29 is 0 Å². The van der Waals surface area contributed by atoms with Crippen LogP contribution in [0.5, 0.6) is 0 Å². The number of aryl methyl sites for hydroxylation is 3. The average Bonchev–Trinajstić information content (AvgIpc) is 2.69. The first kappa shape index (κ1) is 13.5. The molecule has 1 aromatic heterocycles. The van der Waals surface area contributed by atoms with Gasteiger partial charge in [0.2, 0.25) is 0 Å². The lowest BCUT2D eigenvalue weighted by Gasteiger charge is -2.23. The van der Waals surface area contributed by atoms with Gasteiger partial charge in [-0.15, -0.1) is 0 Å². The molecule has 2 aromatic rings. The summed E-state index contributed by atoms with van der Waals surface area (Å²) in [4.78, 5) is 2.20. The van der Waals surface area contributed by atoms with E-state index in [0.29, 0.717) is 0 Å². The Hall–Kier alpha value is -1.97. The van der Waals surface area contributed by atoms with Gasteiger partial charge in [0, 0.05) is 19.3 Å². The van der Waals surface area contributed by atoms with Crippen molar-refractivity contribution in [2.24, 2.45) is 7.05 Å². The van der Waals surface area contributed by atoms with Crippen molar-refractivity contribution in [3.05, 3.63) is 35.5 Å². The van der Waals surface area contributed by atoms with Crippen LogP contribution in [0.3, 0.4) is 0 Å². The van der Waals surface area contributed by atoms with Gasteiger partial charge in [-0.05, 0) is 32.4 Å². The van der Waals surface area contributed by atoms with Crippen LogP contribution >= 0.6 is 0 Å². The Kier molecular flexibility index (Phi) is 3.79. The van der Waals surface area contributed by atoms with Crippen LogP contribution in [0.25, 0.3) is 0 Å². The maximum Gasteiger partial charge on any atom is 0.154 e. The van der Waals surface area contributed by atoms with Gasteiger partial charge in [-0.3, -0.25) is 4.68 Å². The number of nitrogens with zero attached hydrogens (tertiary/aromatic N) is 3. The Morgan fingerprint density at radius 1 is 1.21 bits per heavy atom. The molecule has 4 nitrogen and oxygen atoms in total. The van der Waals surface area contributed by atoms with E-state index in [1.807, 2.05) is 11.7 Å². The highest BCUT2D eigenvalue weighted by molar-refractivity contribution is 5.73. The normalized spacial score (nSPS) is 10.7. The second-order valence-electron chi connectivity index (χ2n) is 4.74. The smallest absolute Gasteiger partial charge is 0.154 e. The molecule has 0 aliphatic rings. The second kappa shape index (κ2) is 5.34. The van der Waals surface area contributed by atoms with Gasteiger partial charge in [-0.1, -0.05) is 24.6 Å². The maximum atomic E-state index is 6.23. The number of anilines is 3. The van der Waals surface area contributed by atoms with E-state index >= 15 is 0 Å². The van der Waals surface area contributed by atoms with Gasteiger partial charge < -0.3 is 10.6 Å². The van der Waals surface area contributed by atoms with E-state index in [4.69, 9.17) is 5.73 Å². The molecule has 1 aromatic carbocycles. The molecular weight excluding hydrogens is 236 g/mol. The maximum absolute atomic E-state index is 6.23. The fourth-order valence-electron chi connectivity index (χ4n) is 2.35. The van der Waals surface area contributed by atoms with E-state index in [0.717, 1.165) is 35.9 Å². The lowest BCUT2D eigenvalue weighted by atomic mass is 10.2. The molecule has 0 aliphatic carbocycles. The van der Waals surface area contributed by atoms with Gasteiger partial charge in [-0.2, -0.15) is 5.10 Å². The highest BCUT2D eigenvalue weighted by Gasteiger charge is 2.18. The van der Waals surface area contributed by atoms with E-state index in [-0.39, 0.29) is 0 Å². The molecule has 0 radical (unpaired) electrons. The molecule has 1 heterocycles. The zero-order chi connectivity index (χ0) is 14.0. The minimum absolute atomic E-state index is 0.785. The van der Waals surface area contributed by atoms with Crippen molar-refractivity contribution in [3.63, 3.8) is 0 Å². The Balaban J connectivity index is 2.48. The van der Waals surface area contributed by atoms with E-state index in [2.05, 4.69) is 55.0 Å². The summed E-state index contributed by atoms with van der Waals surface area (Å²) < 4.78 is 1.87. The number of nitrogen functional groups attached to an aromatic ring is 1. The van der Waals surface area contributed by atoms with Gasteiger partial charge in [0.15, 0.2) is 5.82 Å². The topological polar surface area (TPSA) is 47.1 Å². The lowest BCUT2D eigenvalue weighted by Crippen LogP contribution is -2.20. The van der Waals surface area contributed by atoms with E-state index < -0.39 is 0 Å². The molecule has 0 fully saturated rings. The summed E-state index contributed by atoms with van der Waals surface area (Å²) in [5.41, 5.74) is 10.4. The van der Waals surface area contributed by atoms with E-state index in [1.54, 1.807) is 0 Å². The van der Waals surface area contributed by atoms with Crippen LogP contribution in [-0.4, -0.2) is 16.3 Å². The predicted molar refractivity (Wildman–Crippen MR) is 80.9 cm³/mol. The molecule has 2 rings (SSSR count). The summed E-state index contributed by atoms with van der Waals surface area (Å²) in [5, 5.41) is 4.49. The number of hydrogen-bond donors (Lipinski definition) is 1. The lowest BCUT2D eigenvalue weighted by molar-refractivity contribution is 0.733. The molecule has 0 bridgehead atoms. The molecule has 102 valence electrons. The molecule has 0 spiro atoms. The van der Waals surface area contributed by atoms with Gasteiger partial charge >= 0.3 is 0 Å². The Bertz CT molecular complexity index is 554. The highest BCUT2D eigenvalue weighted by Crippen LogP contribution is 2.32. The van der Waals surface area contributed by atoms with E-state index in [1.165, 1.54) is 5.56 Å². The first-order valence-electron chi connectivity index (χ1n) is 6.74. The first-order chi connectivity index (χ1) is 9.08. The van der Waals surface area contributed by atoms with Gasteiger partial charge in [0.05, 0.1) is 11.4 Å². The zero-order valence-corrected chi connectivity index (χ0v) is 12.1. The standard InChI is InChI=1S/C15H22N4/c1-5-13-14(16)15(18(4)17-13)19(6-2)12-9-7-11(3)8-10-12/h7-10H,5-6,16H2,1-4H3. The molecule has 19 heavy (non-hydrogen) atoms.